The molecule has 1 rings (SSSR count). The maximum Gasteiger partial charge on any atom is 0.328 e. The molecule has 0 unspecified atom stereocenters. The monoisotopic (exact) mass is 287 g/mol. The minimum absolute atomic E-state index is 0.00284. The molecule has 3 N–H and O–H groups in total. The van der Waals surface area contributed by atoms with E-state index in [2.05, 4.69) is 15.3 Å². The summed E-state index contributed by atoms with van der Waals surface area (Å²) in [6, 6.07) is -1.40. The number of nitrogens with one attached hydrogen (secondary N) is 1. The smallest absolute Gasteiger partial charge is 0.328 e. The van der Waals surface area contributed by atoms with Crippen LogP contribution in [-0.2, 0) is 4.79 Å². The number of carboxylic acids is 1. The quantitative estimate of drug-likeness (QED) is 0.724. The molecule has 1 aromatic heterocycles. The summed E-state index contributed by atoms with van der Waals surface area (Å²) < 4.78 is 0. The van der Waals surface area contributed by atoms with Gasteiger partial charge in [0.1, 0.15) is 11.5 Å². The van der Waals surface area contributed by atoms with Gasteiger partial charge in [0.25, 0.3) is 5.91 Å². The molecular weight excluding hydrogens is 274 g/mol. The van der Waals surface area contributed by atoms with Crippen molar-refractivity contribution in [1.29, 1.82) is 0 Å². The van der Waals surface area contributed by atoms with Crippen molar-refractivity contribution in [2.75, 3.05) is 6.61 Å². The molecule has 1 aromatic rings. The fourth-order valence-corrected chi connectivity index (χ4v) is 1.41. The molecule has 1 amide bonds. The lowest BCUT2D eigenvalue weighted by Crippen LogP contribution is -2.43. The minimum atomic E-state index is -1.40. The van der Waals surface area contributed by atoms with Crippen LogP contribution in [0, 0.1) is 0 Å². The first-order valence-electron chi connectivity index (χ1n) is 5.53. The number of aliphatic hydroxyl groups excluding tert-OH is 1. The van der Waals surface area contributed by atoms with E-state index in [1.165, 1.54) is 6.20 Å². The van der Waals surface area contributed by atoms with Gasteiger partial charge in [-0.25, -0.2) is 14.8 Å². The molecule has 104 valence electrons. The molecule has 0 saturated heterocycles. The molecule has 7 nitrogen and oxygen atoms in total. The van der Waals surface area contributed by atoms with Crippen molar-refractivity contribution in [3.05, 3.63) is 22.7 Å². The fourth-order valence-electron chi connectivity index (χ4n) is 1.23. The van der Waals surface area contributed by atoms with Gasteiger partial charge in [-0.15, -0.1) is 0 Å². The number of carbonyl (C=O) groups excluding carboxylic acids is 1. The number of hydrogen-bond acceptors (Lipinski definition) is 5. The van der Waals surface area contributed by atoms with E-state index in [0.717, 1.165) is 0 Å². The molecule has 1 heterocycles. The van der Waals surface area contributed by atoms with E-state index in [-0.39, 0.29) is 16.6 Å². The molecule has 0 aliphatic rings. The third-order valence-electron chi connectivity index (χ3n) is 2.28. The summed E-state index contributed by atoms with van der Waals surface area (Å²) in [5.41, 5.74) is -0.111. The number of rotatable bonds is 5. The van der Waals surface area contributed by atoms with Crippen molar-refractivity contribution in [3.8, 4) is 0 Å². The highest BCUT2D eigenvalue weighted by molar-refractivity contribution is 6.33. The highest BCUT2D eigenvalue weighted by Crippen LogP contribution is 2.16. The zero-order valence-corrected chi connectivity index (χ0v) is 11.2. The Labute approximate surface area is 114 Å². The van der Waals surface area contributed by atoms with E-state index in [9.17, 15) is 9.59 Å². The van der Waals surface area contributed by atoms with Crippen molar-refractivity contribution in [2.24, 2.45) is 0 Å². The van der Waals surface area contributed by atoms with E-state index in [1.54, 1.807) is 0 Å². The summed E-state index contributed by atoms with van der Waals surface area (Å²) in [6.07, 6.45) is 1.29. The second-order valence-electron chi connectivity index (χ2n) is 4.13. The summed E-state index contributed by atoms with van der Waals surface area (Å²) in [7, 11) is 0. The number of hydrogen-bond donors (Lipinski definition) is 3. The van der Waals surface area contributed by atoms with Crippen molar-refractivity contribution in [1.82, 2.24) is 15.3 Å². The van der Waals surface area contributed by atoms with E-state index in [4.69, 9.17) is 21.8 Å². The zero-order chi connectivity index (χ0) is 14.6. The summed E-state index contributed by atoms with van der Waals surface area (Å²) in [4.78, 5) is 30.5. The van der Waals surface area contributed by atoms with Crippen LogP contribution in [0.3, 0.4) is 0 Å². The van der Waals surface area contributed by atoms with E-state index < -0.39 is 24.5 Å². The lowest BCUT2D eigenvalue weighted by molar-refractivity contribution is -0.140. The van der Waals surface area contributed by atoms with Gasteiger partial charge in [-0.05, 0) is 0 Å². The van der Waals surface area contributed by atoms with Crippen molar-refractivity contribution < 1.29 is 19.8 Å². The Kier molecular flexibility index (Phi) is 5.20. The van der Waals surface area contributed by atoms with Crippen LogP contribution in [0.2, 0.25) is 5.02 Å². The largest absolute Gasteiger partial charge is 0.480 e. The molecular formula is C11H14ClN3O4. The van der Waals surface area contributed by atoms with Crippen LogP contribution in [0.15, 0.2) is 6.20 Å². The minimum Gasteiger partial charge on any atom is -0.480 e. The first-order valence-corrected chi connectivity index (χ1v) is 5.91. The average molecular weight is 288 g/mol. The summed E-state index contributed by atoms with van der Waals surface area (Å²) >= 11 is 5.81. The van der Waals surface area contributed by atoms with E-state index >= 15 is 0 Å². The van der Waals surface area contributed by atoms with Gasteiger partial charge in [0.15, 0.2) is 6.04 Å². The van der Waals surface area contributed by atoms with E-state index in [1.807, 2.05) is 13.8 Å². The van der Waals surface area contributed by atoms with Crippen LogP contribution < -0.4 is 5.32 Å². The third kappa shape index (κ3) is 3.87. The van der Waals surface area contributed by atoms with Gasteiger partial charge in [-0.1, -0.05) is 25.4 Å². The molecule has 0 aromatic carbocycles. The highest BCUT2D eigenvalue weighted by Gasteiger charge is 2.22. The molecule has 0 spiro atoms. The second kappa shape index (κ2) is 6.44. The zero-order valence-electron chi connectivity index (χ0n) is 10.4. The number of halogens is 1. The number of carboxylic acid groups (broad SMARTS) is 1. The maximum absolute atomic E-state index is 11.9. The third-order valence-corrected chi connectivity index (χ3v) is 2.56. The van der Waals surface area contributed by atoms with Crippen LogP contribution in [0.25, 0.3) is 0 Å². The normalized spacial score (nSPS) is 12.3. The van der Waals surface area contributed by atoms with Crippen molar-refractivity contribution in [2.45, 2.75) is 25.8 Å². The predicted octanol–water partition coefficient (Wildman–Crippen LogP) is 0.429. The summed E-state index contributed by atoms with van der Waals surface area (Å²) in [5.74, 6) is -1.69. The molecule has 0 saturated carbocycles. The van der Waals surface area contributed by atoms with Gasteiger partial charge in [-0.3, -0.25) is 4.79 Å². The first kappa shape index (κ1) is 15.3. The highest BCUT2D eigenvalue weighted by atomic mass is 35.5. The number of nitrogens with zero attached hydrogens (tertiary/aromatic N) is 2. The number of amides is 1. The SMILES string of the molecule is CC(C)c1ncc(Cl)c(C(=O)N[C@@H](CO)C(=O)O)n1. The Balaban J connectivity index is 2.98. The van der Waals surface area contributed by atoms with Gasteiger partial charge in [0.05, 0.1) is 17.8 Å². The van der Waals surface area contributed by atoms with Gasteiger partial charge < -0.3 is 15.5 Å². The average Bonchev–Trinajstić information content (AvgIpc) is 2.35. The summed E-state index contributed by atoms with van der Waals surface area (Å²) in [5, 5.41) is 19.7. The number of aromatic nitrogens is 2. The molecule has 0 bridgehead atoms. The van der Waals surface area contributed by atoms with Crippen LogP contribution in [0.5, 0.6) is 0 Å². The molecule has 0 aliphatic carbocycles. The maximum atomic E-state index is 11.9. The Hall–Kier alpha value is -1.73. The van der Waals surface area contributed by atoms with Crippen LogP contribution in [0.4, 0.5) is 0 Å². The van der Waals surface area contributed by atoms with Gasteiger partial charge in [0, 0.05) is 5.92 Å². The Bertz CT molecular complexity index is 493. The molecule has 19 heavy (non-hydrogen) atoms. The van der Waals surface area contributed by atoms with Crippen LogP contribution in [0.1, 0.15) is 36.1 Å². The number of aliphatic hydroxyl groups is 1. The van der Waals surface area contributed by atoms with Crippen molar-refractivity contribution >= 4 is 23.5 Å². The topological polar surface area (TPSA) is 112 Å². The second-order valence-corrected chi connectivity index (χ2v) is 4.53. The fraction of sp³-hybridized carbons (Fsp3) is 0.455. The van der Waals surface area contributed by atoms with Crippen molar-refractivity contribution in [3.63, 3.8) is 0 Å². The number of carbonyl (C=O) groups is 2. The van der Waals surface area contributed by atoms with Gasteiger partial charge >= 0.3 is 5.97 Å². The molecule has 0 fully saturated rings. The Morgan fingerprint density at radius 3 is 2.58 bits per heavy atom. The molecule has 0 aliphatic heterocycles. The molecule has 0 radical (unpaired) electrons. The van der Waals surface area contributed by atoms with Gasteiger partial charge in [0.2, 0.25) is 0 Å². The molecule has 1 atom stereocenters. The van der Waals surface area contributed by atoms with Crippen LogP contribution in [-0.4, -0.2) is 44.7 Å². The molecule has 8 heteroatoms. The Morgan fingerprint density at radius 1 is 1.47 bits per heavy atom. The van der Waals surface area contributed by atoms with Gasteiger partial charge in [-0.2, -0.15) is 0 Å². The lowest BCUT2D eigenvalue weighted by Gasteiger charge is -2.12. The standard InChI is InChI=1S/C11H14ClN3O4/c1-5(2)9-13-3-6(12)8(15-9)10(17)14-7(4-16)11(18)19/h3,5,7,16H,4H2,1-2H3,(H,14,17)(H,18,19)/t7-/m0/s1. The lowest BCUT2D eigenvalue weighted by atomic mass is 10.2. The van der Waals surface area contributed by atoms with E-state index in [0.29, 0.717) is 5.82 Å². The van der Waals surface area contributed by atoms with Crippen LogP contribution >= 0.6 is 11.6 Å². The number of aliphatic carboxylic acids is 1. The summed E-state index contributed by atoms with van der Waals surface area (Å²) in [6.45, 7) is 2.97. The predicted molar refractivity (Wildman–Crippen MR) is 67.1 cm³/mol. The first-order chi connectivity index (χ1) is 8.86. The Morgan fingerprint density at radius 2 is 2.11 bits per heavy atom.